The molecule has 1 aromatic rings. The van der Waals surface area contributed by atoms with E-state index < -0.39 is 85.9 Å². The summed E-state index contributed by atoms with van der Waals surface area (Å²) < 4.78 is 11.2. The molecule has 0 aliphatic carbocycles. The normalized spacial score (nSPS) is 26.5. The monoisotopic (exact) mass is 544 g/mol. The Bertz CT molecular complexity index is 952. The molecule has 0 aromatic heterocycles. The van der Waals surface area contributed by atoms with Crippen LogP contribution in [0.1, 0.15) is 24.2 Å². The number of aliphatic hydroxyl groups excluding tert-OH is 6. The molecule has 9 atom stereocenters. The van der Waals surface area contributed by atoms with E-state index in [0.29, 0.717) is 5.69 Å². The van der Waals surface area contributed by atoms with Crippen molar-refractivity contribution in [3.8, 4) is 0 Å². The molecule has 0 radical (unpaired) electrons. The van der Waals surface area contributed by atoms with Gasteiger partial charge in [0.15, 0.2) is 6.29 Å². The summed E-state index contributed by atoms with van der Waals surface area (Å²) in [7, 11) is 0. The third kappa shape index (κ3) is 8.05. The lowest BCUT2D eigenvalue weighted by Crippen LogP contribution is -2.66. The number of hydrogen-bond acceptors (Lipinski definition) is 12. The summed E-state index contributed by atoms with van der Waals surface area (Å²) >= 11 is 0. The number of benzene rings is 1. The minimum Gasteiger partial charge on any atom is -0.394 e. The molecule has 11 N–H and O–H groups in total. The van der Waals surface area contributed by atoms with E-state index in [1.54, 1.807) is 18.2 Å². The summed E-state index contributed by atoms with van der Waals surface area (Å²) in [6, 6.07) is 3.64. The Labute approximate surface area is 218 Å². The molecular formula is C23H36N4O11. The van der Waals surface area contributed by atoms with E-state index in [1.165, 1.54) is 13.0 Å². The molecule has 9 unspecified atom stereocenters. The van der Waals surface area contributed by atoms with E-state index in [9.17, 15) is 45.0 Å². The van der Waals surface area contributed by atoms with Crippen molar-refractivity contribution < 1.29 is 54.5 Å². The van der Waals surface area contributed by atoms with Gasteiger partial charge in [-0.15, -0.1) is 0 Å². The van der Waals surface area contributed by atoms with Gasteiger partial charge in [-0.3, -0.25) is 14.4 Å². The molecule has 214 valence electrons. The molecule has 1 aliphatic heterocycles. The molecule has 15 heteroatoms. The molecule has 3 amide bonds. The van der Waals surface area contributed by atoms with Crippen LogP contribution < -0.4 is 21.7 Å². The van der Waals surface area contributed by atoms with Crippen molar-refractivity contribution in [2.24, 2.45) is 5.73 Å². The number of para-hydroxylation sites is 1. The first-order valence-electron chi connectivity index (χ1n) is 11.8. The fourth-order valence-corrected chi connectivity index (χ4v) is 4.06. The van der Waals surface area contributed by atoms with Crippen molar-refractivity contribution >= 4 is 23.4 Å². The third-order valence-electron chi connectivity index (χ3n) is 5.95. The summed E-state index contributed by atoms with van der Waals surface area (Å²) in [6.07, 6.45) is -11.4. The third-order valence-corrected chi connectivity index (χ3v) is 5.95. The summed E-state index contributed by atoms with van der Waals surface area (Å²) in [5.41, 5.74) is 5.82. The number of anilines is 1. The number of carbonyl (C=O) groups excluding carboxylic acids is 3. The summed E-state index contributed by atoms with van der Waals surface area (Å²) in [4.78, 5) is 35.3. The van der Waals surface area contributed by atoms with Gasteiger partial charge in [0.25, 0.3) is 5.91 Å². The van der Waals surface area contributed by atoms with Gasteiger partial charge in [0, 0.05) is 26.1 Å². The Morgan fingerprint density at radius 2 is 1.74 bits per heavy atom. The van der Waals surface area contributed by atoms with E-state index in [0.717, 1.165) is 6.92 Å². The number of nitrogens with one attached hydrogen (secondary N) is 3. The van der Waals surface area contributed by atoms with Crippen LogP contribution in [0.3, 0.4) is 0 Å². The number of amides is 3. The Balaban J connectivity index is 2.34. The quantitative estimate of drug-likeness (QED) is 0.113. The van der Waals surface area contributed by atoms with Gasteiger partial charge in [0.05, 0.1) is 24.8 Å². The van der Waals surface area contributed by atoms with Crippen molar-refractivity contribution in [3.63, 3.8) is 0 Å². The van der Waals surface area contributed by atoms with E-state index in [4.69, 9.17) is 15.2 Å². The highest BCUT2D eigenvalue weighted by atomic mass is 16.7. The lowest BCUT2D eigenvalue weighted by atomic mass is 9.96. The van der Waals surface area contributed by atoms with Crippen LogP contribution in [0.2, 0.25) is 0 Å². The second-order valence-corrected chi connectivity index (χ2v) is 8.87. The minimum absolute atomic E-state index is 0.142. The summed E-state index contributed by atoms with van der Waals surface area (Å²) in [6.45, 7) is 0.461. The van der Waals surface area contributed by atoms with Gasteiger partial charge < -0.3 is 61.8 Å². The highest BCUT2D eigenvalue weighted by Crippen LogP contribution is 2.25. The van der Waals surface area contributed by atoms with Crippen LogP contribution in [0, 0.1) is 0 Å². The number of carbonyl (C=O) groups is 3. The molecule has 1 aliphatic rings. The lowest BCUT2D eigenvalue weighted by molar-refractivity contribution is -0.299. The molecule has 15 nitrogen and oxygen atoms in total. The van der Waals surface area contributed by atoms with Crippen LogP contribution >= 0.6 is 0 Å². The van der Waals surface area contributed by atoms with E-state index in [-0.39, 0.29) is 12.1 Å². The second-order valence-electron chi connectivity index (χ2n) is 8.87. The van der Waals surface area contributed by atoms with Crippen molar-refractivity contribution in [2.45, 2.75) is 68.8 Å². The fourth-order valence-electron chi connectivity index (χ4n) is 4.06. The van der Waals surface area contributed by atoms with Crippen LogP contribution in [0.25, 0.3) is 0 Å². The van der Waals surface area contributed by atoms with Crippen LogP contribution in [0.5, 0.6) is 0 Å². The average molecular weight is 545 g/mol. The second kappa shape index (κ2) is 14.3. The molecule has 1 fully saturated rings. The zero-order valence-corrected chi connectivity index (χ0v) is 20.9. The SMILES string of the molecule is CC(=O)NC(CNc1ccccc1C(N)=O)C(O)C(OC1OC(CO)C(O)C(O)C1NC(C)=O)C(O)CO. The lowest BCUT2D eigenvalue weighted by Gasteiger charge is -2.44. The standard InChI is InChI=1S/C23H36N4O11/c1-10(30)26-14(7-25-13-6-4-3-5-12(13)22(24)36)18(33)21(15(32)8-28)38-23-17(27-11(2)31)20(35)19(34)16(9-29)37-23/h3-6,14-21,23,25,28-29,32-35H,7-9H2,1-2H3,(H2,24,36)(H,26,30)(H,27,31). The maximum Gasteiger partial charge on any atom is 0.250 e. The molecule has 0 saturated carbocycles. The topological polar surface area (TPSA) is 253 Å². The Hall–Kier alpha value is -2.89. The first-order chi connectivity index (χ1) is 17.9. The number of rotatable bonds is 13. The first kappa shape index (κ1) is 31.3. The molecule has 2 rings (SSSR count). The van der Waals surface area contributed by atoms with Gasteiger partial charge >= 0.3 is 0 Å². The molecule has 0 bridgehead atoms. The smallest absolute Gasteiger partial charge is 0.250 e. The minimum atomic E-state index is -1.75. The van der Waals surface area contributed by atoms with E-state index in [2.05, 4.69) is 16.0 Å². The zero-order valence-electron chi connectivity index (χ0n) is 20.9. The highest BCUT2D eigenvalue weighted by Gasteiger charge is 2.48. The molecule has 0 spiro atoms. The maximum absolute atomic E-state index is 11.9. The van der Waals surface area contributed by atoms with Crippen LogP contribution in [-0.4, -0.2) is 123 Å². The van der Waals surface area contributed by atoms with Crippen LogP contribution in [-0.2, 0) is 19.1 Å². The van der Waals surface area contributed by atoms with Gasteiger partial charge in [-0.1, -0.05) is 12.1 Å². The van der Waals surface area contributed by atoms with Crippen molar-refractivity contribution in [3.05, 3.63) is 29.8 Å². The largest absolute Gasteiger partial charge is 0.394 e. The Morgan fingerprint density at radius 1 is 1.08 bits per heavy atom. The number of nitrogens with two attached hydrogens (primary N) is 1. The molecule has 1 aromatic carbocycles. The molecule has 1 saturated heterocycles. The molecule has 1 heterocycles. The Kier molecular flexibility index (Phi) is 11.8. The van der Waals surface area contributed by atoms with Crippen molar-refractivity contribution in [1.82, 2.24) is 10.6 Å². The van der Waals surface area contributed by atoms with Crippen LogP contribution in [0.4, 0.5) is 5.69 Å². The van der Waals surface area contributed by atoms with Gasteiger partial charge in [-0.25, -0.2) is 0 Å². The zero-order chi connectivity index (χ0) is 28.6. The Morgan fingerprint density at radius 3 is 2.29 bits per heavy atom. The predicted octanol–water partition coefficient (Wildman–Crippen LogP) is -4.25. The van der Waals surface area contributed by atoms with Crippen LogP contribution in [0.15, 0.2) is 24.3 Å². The van der Waals surface area contributed by atoms with Gasteiger partial charge in [0.1, 0.15) is 42.7 Å². The van der Waals surface area contributed by atoms with E-state index in [1.807, 2.05) is 0 Å². The predicted molar refractivity (Wildman–Crippen MR) is 130 cm³/mol. The maximum atomic E-state index is 11.9. The van der Waals surface area contributed by atoms with Gasteiger partial charge in [-0.2, -0.15) is 0 Å². The van der Waals surface area contributed by atoms with Gasteiger partial charge in [0.2, 0.25) is 11.8 Å². The summed E-state index contributed by atoms with van der Waals surface area (Å²) in [5.74, 6) is -1.92. The molecule has 38 heavy (non-hydrogen) atoms. The fraction of sp³-hybridized carbons (Fsp3) is 0.609. The number of ether oxygens (including phenoxy) is 2. The van der Waals surface area contributed by atoms with E-state index >= 15 is 0 Å². The average Bonchev–Trinajstić information content (AvgIpc) is 2.87. The first-order valence-corrected chi connectivity index (χ1v) is 11.8. The van der Waals surface area contributed by atoms with Crippen molar-refractivity contribution in [2.75, 3.05) is 25.1 Å². The number of hydrogen-bond donors (Lipinski definition) is 10. The van der Waals surface area contributed by atoms with Crippen molar-refractivity contribution in [1.29, 1.82) is 0 Å². The van der Waals surface area contributed by atoms with Gasteiger partial charge in [-0.05, 0) is 12.1 Å². The summed E-state index contributed by atoms with van der Waals surface area (Å²) in [5, 5.41) is 69.2. The highest BCUT2D eigenvalue weighted by molar-refractivity contribution is 5.98. The number of primary amides is 1. The molecular weight excluding hydrogens is 508 g/mol. The number of aliphatic hydroxyl groups is 6.